The minimum atomic E-state index is -3.42. The van der Waals surface area contributed by atoms with Gasteiger partial charge >= 0.3 is 0 Å². The van der Waals surface area contributed by atoms with Gasteiger partial charge < -0.3 is 10.6 Å². The molecular formula is C18H35ClN2O3S. The van der Waals surface area contributed by atoms with Crippen molar-refractivity contribution in [1.29, 1.82) is 0 Å². The summed E-state index contributed by atoms with van der Waals surface area (Å²) in [6.07, 6.45) is 6.20. The zero-order valence-electron chi connectivity index (χ0n) is 15.8. The Labute approximate surface area is 159 Å². The highest BCUT2D eigenvalue weighted by molar-refractivity contribution is 7.93. The summed E-state index contributed by atoms with van der Waals surface area (Å²) in [5.41, 5.74) is 5.96. The van der Waals surface area contributed by atoms with Gasteiger partial charge in [-0.25, -0.2) is 8.42 Å². The second-order valence-electron chi connectivity index (χ2n) is 8.04. The van der Waals surface area contributed by atoms with Crippen molar-refractivity contribution in [2.75, 3.05) is 13.1 Å². The van der Waals surface area contributed by atoms with Crippen LogP contribution in [0.1, 0.15) is 65.7 Å². The molecule has 0 aromatic heterocycles. The number of amides is 1. The first kappa shape index (κ1) is 22.7. The lowest BCUT2D eigenvalue weighted by molar-refractivity contribution is -0.133. The number of hydrogen-bond acceptors (Lipinski definition) is 4. The van der Waals surface area contributed by atoms with Crippen molar-refractivity contribution in [3.8, 4) is 0 Å². The monoisotopic (exact) mass is 394 g/mol. The van der Waals surface area contributed by atoms with Gasteiger partial charge in [-0.2, -0.15) is 0 Å². The molecule has 7 heteroatoms. The Balaban J connectivity index is 0.00000312. The number of carbonyl (C=O) groups is 1. The van der Waals surface area contributed by atoms with Gasteiger partial charge in [-0.3, -0.25) is 4.79 Å². The zero-order chi connectivity index (χ0) is 17.9. The Kier molecular flexibility index (Phi) is 8.69. The Morgan fingerprint density at radius 3 is 1.96 bits per heavy atom. The first-order chi connectivity index (χ1) is 11.2. The van der Waals surface area contributed by atoms with Gasteiger partial charge in [0.05, 0.1) is 5.25 Å². The second-order valence-corrected chi connectivity index (χ2v) is 10.4. The molecule has 0 radical (unpaired) electrons. The summed E-state index contributed by atoms with van der Waals surface area (Å²) >= 11 is 0. The van der Waals surface area contributed by atoms with E-state index < -0.39 is 15.1 Å². The molecule has 1 saturated heterocycles. The number of hydrogen-bond donors (Lipinski definition) is 1. The van der Waals surface area contributed by atoms with Crippen LogP contribution in [0, 0.1) is 11.8 Å². The highest BCUT2D eigenvalue weighted by Gasteiger charge is 2.43. The molecule has 148 valence electrons. The average Bonchev–Trinajstić information content (AvgIpc) is 2.55. The van der Waals surface area contributed by atoms with E-state index in [1.807, 2.05) is 20.8 Å². The molecule has 25 heavy (non-hydrogen) atoms. The third kappa shape index (κ3) is 5.33. The number of sulfone groups is 1. The van der Waals surface area contributed by atoms with Crippen molar-refractivity contribution >= 4 is 28.2 Å². The van der Waals surface area contributed by atoms with Crippen LogP contribution >= 0.6 is 12.4 Å². The summed E-state index contributed by atoms with van der Waals surface area (Å²) in [4.78, 5) is 14.8. The topological polar surface area (TPSA) is 80.5 Å². The van der Waals surface area contributed by atoms with Crippen LogP contribution < -0.4 is 5.73 Å². The smallest absolute Gasteiger partial charge is 0.241 e. The summed E-state index contributed by atoms with van der Waals surface area (Å²) in [5, 5.41) is -1.21. The van der Waals surface area contributed by atoms with Crippen molar-refractivity contribution < 1.29 is 13.2 Å². The van der Waals surface area contributed by atoms with E-state index in [0.29, 0.717) is 31.8 Å². The van der Waals surface area contributed by atoms with Crippen molar-refractivity contribution in [2.24, 2.45) is 17.6 Å². The number of rotatable bonds is 5. The van der Waals surface area contributed by atoms with Crippen LogP contribution in [0.4, 0.5) is 0 Å². The fourth-order valence-electron chi connectivity index (χ4n) is 4.23. The van der Waals surface area contributed by atoms with Gasteiger partial charge in [-0.05, 0) is 44.4 Å². The van der Waals surface area contributed by atoms with E-state index >= 15 is 0 Å². The molecule has 2 fully saturated rings. The van der Waals surface area contributed by atoms with E-state index in [1.54, 1.807) is 4.90 Å². The molecule has 2 unspecified atom stereocenters. The molecule has 1 amide bonds. The van der Waals surface area contributed by atoms with Crippen molar-refractivity contribution in [1.82, 2.24) is 4.90 Å². The summed E-state index contributed by atoms with van der Waals surface area (Å²) in [6, 6.07) is 0.133. The largest absolute Gasteiger partial charge is 0.342 e. The molecule has 0 bridgehead atoms. The van der Waals surface area contributed by atoms with Crippen LogP contribution in [0.5, 0.6) is 0 Å². The third-order valence-corrected chi connectivity index (χ3v) is 8.67. The minimum Gasteiger partial charge on any atom is -0.342 e. The van der Waals surface area contributed by atoms with Crippen LogP contribution in [0.3, 0.4) is 0 Å². The van der Waals surface area contributed by atoms with Crippen LogP contribution in [-0.4, -0.2) is 48.9 Å². The van der Waals surface area contributed by atoms with Crippen LogP contribution in [-0.2, 0) is 14.6 Å². The van der Waals surface area contributed by atoms with Crippen LogP contribution in [0.2, 0.25) is 0 Å². The van der Waals surface area contributed by atoms with Gasteiger partial charge in [-0.1, -0.05) is 33.1 Å². The van der Waals surface area contributed by atoms with Gasteiger partial charge in [0, 0.05) is 19.1 Å². The van der Waals surface area contributed by atoms with E-state index in [-0.39, 0.29) is 35.5 Å². The van der Waals surface area contributed by atoms with Crippen LogP contribution in [0.25, 0.3) is 0 Å². The lowest BCUT2D eigenvalue weighted by atomic mass is 9.90. The third-order valence-electron chi connectivity index (χ3n) is 5.81. The lowest BCUT2D eigenvalue weighted by Gasteiger charge is -2.37. The fourth-order valence-corrected chi connectivity index (χ4v) is 6.83. The number of nitrogens with zero attached hydrogens (tertiary/aromatic N) is 1. The highest BCUT2D eigenvalue weighted by Crippen LogP contribution is 2.31. The molecule has 2 aliphatic rings. The predicted molar refractivity (Wildman–Crippen MR) is 105 cm³/mol. The summed E-state index contributed by atoms with van der Waals surface area (Å²) < 4.78 is 26.2. The molecule has 2 atom stereocenters. The maximum absolute atomic E-state index is 13.1. The summed E-state index contributed by atoms with van der Waals surface area (Å²) in [7, 11) is -3.42. The Morgan fingerprint density at radius 2 is 1.52 bits per heavy atom. The molecule has 2 N–H and O–H groups in total. The number of piperidine rings is 1. The van der Waals surface area contributed by atoms with E-state index in [9.17, 15) is 13.2 Å². The van der Waals surface area contributed by atoms with Gasteiger partial charge in [0.1, 0.15) is 5.25 Å². The van der Waals surface area contributed by atoms with E-state index in [4.69, 9.17) is 5.73 Å². The average molecular weight is 395 g/mol. The molecule has 2 rings (SSSR count). The molecule has 0 aromatic rings. The Hall–Kier alpha value is -0.330. The fraction of sp³-hybridized carbons (Fsp3) is 0.944. The van der Waals surface area contributed by atoms with Gasteiger partial charge in [0.15, 0.2) is 9.84 Å². The molecule has 5 nitrogen and oxygen atoms in total. The molecular weight excluding hydrogens is 360 g/mol. The first-order valence-corrected chi connectivity index (χ1v) is 11.1. The molecule has 1 saturated carbocycles. The van der Waals surface area contributed by atoms with Crippen LogP contribution in [0.15, 0.2) is 0 Å². The minimum absolute atomic E-state index is 0. The normalized spacial score (nSPS) is 23.2. The number of nitrogens with two attached hydrogens (primary N) is 1. The summed E-state index contributed by atoms with van der Waals surface area (Å²) in [5.74, 6) is 0.0655. The number of carbonyl (C=O) groups excluding carboxylic acids is 1. The van der Waals surface area contributed by atoms with Crippen molar-refractivity contribution in [2.45, 2.75) is 82.3 Å². The van der Waals surface area contributed by atoms with E-state index in [2.05, 4.69) is 0 Å². The van der Waals surface area contributed by atoms with Gasteiger partial charge in [0.2, 0.25) is 5.91 Å². The maximum Gasteiger partial charge on any atom is 0.241 e. The predicted octanol–water partition coefficient (Wildman–Crippen LogP) is 2.77. The van der Waals surface area contributed by atoms with Crippen molar-refractivity contribution in [3.05, 3.63) is 0 Å². The Morgan fingerprint density at radius 1 is 1.00 bits per heavy atom. The van der Waals surface area contributed by atoms with E-state index in [1.165, 1.54) is 0 Å². The number of halogens is 1. The van der Waals surface area contributed by atoms with Gasteiger partial charge in [-0.15, -0.1) is 12.4 Å². The van der Waals surface area contributed by atoms with Crippen molar-refractivity contribution in [3.63, 3.8) is 0 Å². The molecule has 1 aliphatic carbocycles. The molecule has 0 aromatic carbocycles. The number of likely N-dealkylation sites (tertiary alicyclic amines) is 1. The molecule has 1 aliphatic heterocycles. The zero-order valence-corrected chi connectivity index (χ0v) is 17.4. The summed E-state index contributed by atoms with van der Waals surface area (Å²) in [6.45, 7) is 6.99. The maximum atomic E-state index is 13.1. The molecule has 1 heterocycles. The first-order valence-electron chi connectivity index (χ1n) is 9.52. The highest BCUT2D eigenvalue weighted by atomic mass is 35.5. The second kappa shape index (κ2) is 9.56. The SMILES string of the molecule is CC(C)C(C(=O)N1CCC(C(C)N)CC1)S(=O)(=O)C1CCCCC1.Cl. The lowest BCUT2D eigenvalue weighted by Crippen LogP contribution is -2.51. The van der Waals surface area contributed by atoms with Gasteiger partial charge in [0.25, 0.3) is 0 Å². The standard InChI is InChI=1S/C18H34N2O3S.ClH/c1-13(2)17(24(22,23)16-7-5-4-6-8-16)18(21)20-11-9-15(10-12-20)14(3)19;/h13-17H,4-12,19H2,1-3H3;1H. The Bertz CT molecular complexity index is 522. The molecule has 0 spiro atoms. The quantitative estimate of drug-likeness (QED) is 0.777. The van der Waals surface area contributed by atoms with E-state index in [0.717, 1.165) is 32.1 Å².